The number of amides is 2. The van der Waals surface area contributed by atoms with E-state index < -0.39 is 5.91 Å². The molecule has 0 radical (unpaired) electrons. The Morgan fingerprint density at radius 3 is 2.92 bits per heavy atom. The molecule has 1 aliphatic heterocycles. The highest BCUT2D eigenvalue weighted by Gasteiger charge is 2.26. The van der Waals surface area contributed by atoms with E-state index in [0.29, 0.717) is 13.0 Å². The zero-order chi connectivity index (χ0) is 17.8. The van der Waals surface area contributed by atoms with Crippen LogP contribution in [0.2, 0.25) is 0 Å². The molecule has 1 fully saturated rings. The van der Waals surface area contributed by atoms with Crippen molar-refractivity contribution in [2.75, 3.05) is 13.1 Å². The number of aromatic nitrogens is 2. The third-order valence-corrected chi connectivity index (χ3v) is 4.77. The van der Waals surface area contributed by atoms with Crippen LogP contribution in [0.1, 0.15) is 52.5 Å². The van der Waals surface area contributed by atoms with Crippen LogP contribution in [-0.4, -0.2) is 40.0 Å². The largest absolute Gasteiger partial charge is 0.364 e. The number of hydrogen-bond donors (Lipinski definition) is 2. The highest BCUT2D eigenvalue weighted by Crippen LogP contribution is 2.26. The fourth-order valence-electron chi connectivity index (χ4n) is 3.41. The van der Waals surface area contributed by atoms with Gasteiger partial charge in [0.1, 0.15) is 5.69 Å². The van der Waals surface area contributed by atoms with Gasteiger partial charge in [-0.15, -0.1) is 0 Å². The van der Waals surface area contributed by atoms with E-state index in [2.05, 4.69) is 35.3 Å². The van der Waals surface area contributed by atoms with Gasteiger partial charge in [0.05, 0.1) is 0 Å². The molecule has 2 aromatic rings. The Hall–Kier alpha value is -2.63. The molecule has 1 aliphatic rings. The van der Waals surface area contributed by atoms with Gasteiger partial charge in [-0.1, -0.05) is 29.8 Å². The molecule has 1 atom stereocenters. The molecule has 1 aromatic heterocycles. The maximum Gasteiger partial charge on any atom is 0.269 e. The third kappa shape index (κ3) is 4.26. The molecule has 0 bridgehead atoms. The quantitative estimate of drug-likeness (QED) is 0.873. The Balaban J connectivity index is 1.58. The molecule has 0 spiro atoms. The minimum atomic E-state index is -0.538. The van der Waals surface area contributed by atoms with E-state index in [9.17, 15) is 9.59 Å². The van der Waals surface area contributed by atoms with Crippen LogP contribution in [0.5, 0.6) is 0 Å². The molecule has 1 saturated heterocycles. The normalized spacial score (nSPS) is 17.5. The zero-order valence-corrected chi connectivity index (χ0v) is 14.5. The molecule has 2 heterocycles. The summed E-state index contributed by atoms with van der Waals surface area (Å²) in [5, 5.41) is 6.83. The van der Waals surface area contributed by atoms with Crippen molar-refractivity contribution in [2.24, 2.45) is 5.73 Å². The van der Waals surface area contributed by atoms with Gasteiger partial charge in [0, 0.05) is 31.1 Å². The summed E-state index contributed by atoms with van der Waals surface area (Å²) in [5.74, 6) is -0.178. The maximum absolute atomic E-state index is 12.6. The highest BCUT2D eigenvalue weighted by atomic mass is 16.2. The van der Waals surface area contributed by atoms with Gasteiger partial charge in [-0.2, -0.15) is 5.10 Å². The second-order valence-corrected chi connectivity index (χ2v) is 6.74. The van der Waals surface area contributed by atoms with E-state index in [1.54, 1.807) is 6.07 Å². The summed E-state index contributed by atoms with van der Waals surface area (Å²) in [5.41, 5.74) is 8.79. The van der Waals surface area contributed by atoms with Crippen molar-refractivity contribution in [1.29, 1.82) is 0 Å². The molecular weight excluding hydrogens is 316 g/mol. The fourth-order valence-corrected chi connectivity index (χ4v) is 3.41. The van der Waals surface area contributed by atoms with Crippen molar-refractivity contribution in [3.8, 4) is 0 Å². The molecule has 2 amide bonds. The number of likely N-dealkylation sites (tertiary alicyclic amines) is 1. The average molecular weight is 340 g/mol. The molecule has 6 heteroatoms. The number of nitrogens with one attached hydrogen (secondary N) is 1. The first-order chi connectivity index (χ1) is 12.0. The van der Waals surface area contributed by atoms with E-state index in [-0.39, 0.29) is 17.5 Å². The van der Waals surface area contributed by atoms with Crippen LogP contribution in [0.3, 0.4) is 0 Å². The van der Waals surface area contributed by atoms with Crippen LogP contribution in [0.4, 0.5) is 0 Å². The molecule has 25 heavy (non-hydrogen) atoms. The van der Waals surface area contributed by atoms with Gasteiger partial charge in [0.25, 0.3) is 5.91 Å². The lowest BCUT2D eigenvalue weighted by Gasteiger charge is -2.32. The Kier molecular flexibility index (Phi) is 5.16. The number of rotatable bonds is 5. The lowest BCUT2D eigenvalue weighted by molar-refractivity contribution is -0.132. The Morgan fingerprint density at radius 2 is 2.20 bits per heavy atom. The Labute approximate surface area is 147 Å². The number of H-pyrrole nitrogens is 1. The fraction of sp³-hybridized carbons (Fsp3) is 0.421. The number of carbonyl (C=O) groups is 2. The van der Waals surface area contributed by atoms with Gasteiger partial charge in [-0.25, -0.2) is 0 Å². The molecule has 3 N–H and O–H groups in total. The van der Waals surface area contributed by atoms with E-state index in [0.717, 1.165) is 31.5 Å². The minimum Gasteiger partial charge on any atom is -0.364 e. The highest BCUT2D eigenvalue weighted by molar-refractivity contribution is 5.90. The monoisotopic (exact) mass is 340 g/mol. The number of nitrogens with zero attached hydrogens (tertiary/aromatic N) is 2. The van der Waals surface area contributed by atoms with E-state index in [4.69, 9.17) is 5.73 Å². The summed E-state index contributed by atoms with van der Waals surface area (Å²) in [4.78, 5) is 25.7. The first-order valence-corrected chi connectivity index (χ1v) is 8.71. The number of hydrogen-bond acceptors (Lipinski definition) is 3. The number of aryl methyl sites for hydroxylation is 2. The van der Waals surface area contributed by atoms with Gasteiger partial charge < -0.3 is 10.6 Å². The van der Waals surface area contributed by atoms with Crippen molar-refractivity contribution < 1.29 is 9.59 Å². The lowest BCUT2D eigenvalue weighted by atomic mass is 9.94. The smallest absolute Gasteiger partial charge is 0.269 e. The van der Waals surface area contributed by atoms with E-state index in [1.165, 1.54) is 11.1 Å². The lowest BCUT2D eigenvalue weighted by Crippen LogP contribution is -2.39. The third-order valence-electron chi connectivity index (χ3n) is 4.77. The topological polar surface area (TPSA) is 92.1 Å². The number of primary amides is 1. The van der Waals surface area contributed by atoms with Crippen LogP contribution in [0.25, 0.3) is 0 Å². The minimum absolute atomic E-state index is 0.178. The van der Waals surface area contributed by atoms with E-state index >= 15 is 0 Å². The SMILES string of the molecule is Cc1cccc(CCC(=O)N2CCC[C@H](c3cc(C(N)=O)n[nH]3)C2)c1. The summed E-state index contributed by atoms with van der Waals surface area (Å²) in [6.07, 6.45) is 3.21. The maximum atomic E-state index is 12.6. The number of aromatic amines is 1. The molecular formula is C19H24N4O2. The van der Waals surface area contributed by atoms with Gasteiger partial charge in [-0.3, -0.25) is 14.7 Å². The molecule has 0 saturated carbocycles. The first-order valence-electron chi connectivity index (χ1n) is 8.71. The van der Waals surface area contributed by atoms with Crippen LogP contribution in [0, 0.1) is 6.92 Å². The Bertz CT molecular complexity index is 768. The van der Waals surface area contributed by atoms with Crippen LogP contribution in [0.15, 0.2) is 30.3 Å². The van der Waals surface area contributed by atoms with Gasteiger partial charge >= 0.3 is 0 Å². The summed E-state index contributed by atoms with van der Waals surface area (Å²) in [6.45, 7) is 3.51. The standard InChI is InChI=1S/C19H24N4O2/c1-13-4-2-5-14(10-13)7-8-18(24)23-9-3-6-15(12-23)16-11-17(19(20)25)22-21-16/h2,4-5,10-11,15H,3,6-9,12H2,1H3,(H2,20,25)(H,21,22)/t15-/m0/s1. The van der Waals surface area contributed by atoms with Gasteiger partial charge in [0.15, 0.2) is 0 Å². The summed E-state index contributed by atoms with van der Waals surface area (Å²) < 4.78 is 0. The molecule has 0 aliphatic carbocycles. The van der Waals surface area contributed by atoms with Crippen molar-refractivity contribution >= 4 is 11.8 Å². The van der Waals surface area contributed by atoms with Crippen molar-refractivity contribution in [3.05, 3.63) is 52.8 Å². The second-order valence-electron chi connectivity index (χ2n) is 6.74. The second kappa shape index (κ2) is 7.51. The summed E-state index contributed by atoms with van der Waals surface area (Å²) in [6, 6.07) is 9.98. The van der Waals surface area contributed by atoms with Crippen LogP contribution >= 0.6 is 0 Å². The number of nitrogens with two attached hydrogens (primary N) is 1. The first kappa shape index (κ1) is 17.2. The number of carbonyl (C=O) groups excluding carboxylic acids is 2. The molecule has 3 rings (SSSR count). The predicted molar refractivity (Wildman–Crippen MR) is 95.2 cm³/mol. The van der Waals surface area contributed by atoms with Crippen molar-refractivity contribution in [3.63, 3.8) is 0 Å². The summed E-state index contributed by atoms with van der Waals surface area (Å²) >= 11 is 0. The molecule has 0 unspecified atom stereocenters. The number of piperidine rings is 1. The summed E-state index contributed by atoms with van der Waals surface area (Å²) in [7, 11) is 0. The molecule has 6 nitrogen and oxygen atoms in total. The molecule has 1 aromatic carbocycles. The number of benzene rings is 1. The van der Waals surface area contributed by atoms with Crippen molar-refractivity contribution in [1.82, 2.24) is 15.1 Å². The van der Waals surface area contributed by atoms with Gasteiger partial charge in [0.2, 0.25) is 5.91 Å². The van der Waals surface area contributed by atoms with Gasteiger partial charge in [-0.05, 0) is 37.8 Å². The van der Waals surface area contributed by atoms with E-state index in [1.807, 2.05) is 11.0 Å². The zero-order valence-electron chi connectivity index (χ0n) is 14.5. The molecule has 132 valence electrons. The average Bonchev–Trinajstić information content (AvgIpc) is 3.10. The Morgan fingerprint density at radius 1 is 1.36 bits per heavy atom. The van der Waals surface area contributed by atoms with Crippen LogP contribution in [-0.2, 0) is 11.2 Å². The predicted octanol–water partition coefficient (Wildman–Crippen LogP) is 2.16. The van der Waals surface area contributed by atoms with Crippen LogP contribution < -0.4 is 5.73 Å². The van der Waals surface area contributed by atoms with Crippen molar-refractivity contribution in [2.45, 2.75) is 38.5 Å².